The van der Waals surface area contributed by atoms with Crippen molar-refractivity contribution in [3.8, 4) is 11.4 Å². The largest absolute Gasteiger partial charge is 0.382 e. The molecule has 142 valence electrons. The van der Waals surface area contributed by atoms with E-state index in [4.69, 9.17) is 4.98 Å². The van der Waals surface area contributed by atoms with Crippen LogP contribution >= 0.6 is 15.9 Å². The van der Waals surface area contributed by atoms with Crippen LogP contribution in [0.2, 0.25) is 0 Å². The van der Waals surface area contributed by atoms with Crippen molar-refractivity contribution in [1.29, 1.82) is 0 Å². The van der Waals surface area contributed by atoms with Gasteiger partial charge in [-0.1, -0.05) is 34.5 Å². The molecule has 4 aromatic rings. The maximum absolute atomic E-state index is 4.80. The first kappa shape index (κ1) is 17.6. The first-order valence-corrected chi connectivity index (χ1v) is 10.6. The molecule has 1 aliphatic rings. The van der Waals surface area contributed by atoms with Crippen LogP contribution in [0.15, 0.2) is 53.1 Å². The number of nitrogens with one attached hydrogen (secondary N) is 3. The Labute approximate surface area is 172 Å². The smallest absolute Gasteiger partial charge is 0.142 e. The highest BCUT2D eigenvalue weighted by molar-refractivity contribution is 9.10. The fourth-order valence-electron chi connectivity index (χ4n) is 3.94. The standard InChI is InChI=1S/C22H22BrN5/c23-14-8-9-18-16(11-14)21(26-12-15-5-3-4-10-24-15)17(13-25-18)22-27-19-6-1-2-7-20(19)28-22/h1-2,6-9,11,13,15,24H,3-5,10,12H2,(H,25,26)(H,27,28)/t15-/m1/s1. The molecule has 0 amide bonds. The van der Waals surface area contributed by atoms with Gasteiger partial charge in [0.2, 0.25) is 0 Å². The van der Waals surface area contributed by atoms with E-state index in [1.807, 2.05) is 36.5 Å². The zero-order valence-corrected chi connectivity index (χ0v) is 17.1. The normalized spacial score (nSPS) is 17.2. The molecule has 5 rings (SSSR count). The number of H-pyrrole nitrogens is 1. The van der Waals surface area contributed by atoms with Gasteiger partial charge in [-0.3, -0.25) is 4.98 Å². The fraction of sp³-hybridized carbons (Fsp3) is 0.273. The molecule has 3 heterocycles. The van der Waals surface area contributed by atoms with Crippen molar-refractivity contribution in [2.24, 2.45) is 0 Å². The molecular weight excluding hydrogens is 414 g/mol. The molecule has 0 aliphatic carbocycles. The molecule has 0 bridgehead atoms. The third-order valence-corrected chi connectivity index (χ3v) is 5.91. The van der Waals surface area contributed by atoms with Crippen molar-refractivity contribution in [1.82, 2.24) is 20.3 Å². The van der Waals surface area contributed by atoms with E-state index in [-0.39, 0.29) is 0 Å². The minimum absolute atomic E-state index is 0.493. The Morgan fingerprint density at radius 2 is 2.04 bits per heavy atom. The van der Waals surface area contributed by atoms with Gasteiger partial charge in [-0.2, -0.15) is 0 Å². The van der Waals surface area contributed by atoms with Crippen LogP contribution in [-0.4, -0.2) is 34.1 Å². The molecule has 1 saturated heterocycles. The lowest BCUT2D eigenvalue weighted by Crippen LogP contribution is -2.39. The molecular formula is C22H22BrN5. The zero-order valence-electron chi connectivity index (χ0n) is 15.5. The molecule has 2 aromatic carbocycles. The number of halogens is 1. The van der Waals surface area contributed by atoms with Crippen LogP contribution in [0.4, 0.5) is 5.69 Å². The summed E-state index contributed by atoms with van der Waals surface area (Å²) in [6.45, 7) is 1.99. The van der Waals surface area contributed by atoms with Gasteiger partial charge in [0.05, 0.1) is 27.8 Å². The van der Waals surface area contributed by atoms with Crippen LogP contribution in [0.1, 0.15) is 19.3 Å². The number of para-hydroxylation sites is 2. The van der Waals surface area contributed by atoms with Gasteiger partial charge in [0.15, 0.2) is 0 Å². The van der Waals surface area contributed by atoms with Crippen molar-refractivity contribution >= 4 is 43.6 Å². The third kappa shape index (κ3) is 3.38. The predicted molar refractivity (Wildman–Crippen MR) is 119 cm³/mol. The predicted octanol–water partition coefficient (Wildman–Crippen LogP) is 5.09. The quantitative estimate of drug-likeness (QED) is 0.417. The Bertz CT molecular complexity index is 1100. The number of rotatable bonds is 4. The molecule has 0 spiro atoms. The number of hydrogen-bond acceptors (Lipinski definition) is 4. The second-order valence-electron chi connectivity index (χ2n) is 7.34. The van der Waals surface area contributed by atoms with Crippen molar-refractivity contribution in [2.45, 2.75) is 25.3 Å². The summed E-state index contributed by atoms with van der Waals surface area (Å²) >= 11 is 3.61. The Morgan fingerprint density at radius 1 is 1.11 bits per heavy atom. The molecule has 1 atom stereocenters. The average molecular weight is 436 g/mol. The van der Waals surface area contributed by atoms with Gasteiger partial charge in [0.25, 0.3) is 0 Å². The van der Waals surface area contributed by atoms with E-state index in [0.29, 0.717) is 6.04 Å². The van der Waals surface area contributed by atoms with Crippen LogP contribution in [0, 0.1) is 0 Å². The second-order valence-corrected chi connectivity index (χ2v) is 8.25. The molecule has 0 unspecified atom stereocenters. The summed E-state index contributed by atoms with van der Waals surface area (Å²) in [5.74, 6) is 0.842. The molecule has 6 heteroatoms. The number of nitrogens with zero attached hydrogens (tertiary/aromatic N) is 2. The highest BCUT2D eigenvalue weighted by atomic mass is 79.9. The maximum atomic E-state index is 4.80. The monoisotopic (exact) mass is 435 g/mol. The Hall–Kier alpha value is -2.44. The van der Waals surface area contributed by atoms with Crippen LogP contribution in [0.5, 0.6) is 0 Å². The highest BCUT2D eigenvalue weighted by Gasteiger charge is 2.17. The number of hydrogen-bond donors (Lipinski definition) is 3. The third-order valence-electron chi connectivity index (χ3n) is 5.41. The number of anilines is 1. The molecule has 5 nitrogen and oxygen atoms in total. The van der Waals surface area contributed by atoms with Gasteiger partial charge in [-0.15, -0.1) is 0 Å². The lowest BCUT2D eigenvalue weighted by molar-refractivity contribution is 0.414. The first-order chi connectivity index (χ1) is 13.8. The van der Waals surface area contributed by atoms with Gasteiger partial charge >= 0.3 is 0 Å². The lowest BCUT2D eigenvalue weighted by Gasteiger charge is -2.25. The molecule has 0 radical (unpaired) electrons. The van der Waals surface area contributed by atoms with Gasteiger partial charge in [-0.25, -0.2) is 4.98 Å². The maximum Gasteiger partial charge on any atom is 0.142 e. The summed E-state index contributed by atoms with van der Waals surface area (Å²) in [6, 6.07) is 14.8. The van der Waals surface area contributed by atoms with Gasteiger partial charge in [0.1, 0.15) is 5.82 Å². The zero-order chi connectivity index (χ0) is 18.9. The van der Waals surface area contributed by atoms with E-state index in [1.165, 1.54) is 19.3 Å². The molecule has 28 heavy (non-hydrogen) atoms. The van der Waals surface area contributed by atoms with E-state index < -0.39 is 0 Å². The minimum atomic E-state index is 0.493. The summed E-state index contributed by atoms with van der Waals surface area (Å²) in [5, 5.41) is 8.43. The van der Waals surface area contributed by atoms with Gasteiger partial charge < -0.3 is 15.6 Å². The Kier molecular flexibility index (Phi) is 4.74. The highest BCUT2D eigenvalue weighted by Crippen LogP contribution is 2.34. The van der Waals surface area contributed by atoms with Crippen molar-refractivity contribution in [3.05, 3.63) is 53.1 Å². The van der Waals surface area contributed by atoms with Gasteiger partial charge in [0, 0.05) is 28.6 Å². The number of pyridine rings is 1. The van der Waals surface area contributed by atoms with E-state index in [0.717, 1.165) is 56.6 Å². The summed E-state index contributed by atoms with van der Waals surface area (Å²) in [6.07, 6.45) is 5.69. The summed E-state index contributed by atoms with van der Waals surface area (Å²) in [7, 11) is 0. The second kappa shape index (κ2) is 7.53. The first-order valence-electron chi connectivity index (χ1n) is 9.78. The molecule has 1 aliphatic heterocycles. The minimum Gasteiger partial charge on any atom is -0.382 e. The van der Waals surface area contributed by atoms with Crippen LogP contribution in [0.3, 0.4) is 0 Å². The number of piperidine rings is 1. The number of aromatic nitrogens is 3. The summed E-state index contributed by atoms with van der Waals surface area (Å²) < 4.78 is 1.04. The topological polar surface area (TPSA) is 65.6 Å². The van der Waals surface area contributed by atoms with Crippen molar-refractivity contribution in [2.75, 3.05) is 18.4 Å². The Balaban J connectivity index is 1.60. The van der Waals surface area contributed by atoms with Crippen molar-refractivity contribution < 1.29 is 0 Å². The lowest BCUT2D eigenvalue weighted by atomic mass is 10.0. The summed E-state index contributed by atoms with van der Waals surface area (Å²) in [4.78, 5) is 12.9. The van der Waals surface area contributed by atoms with E-state index in [9.17, 15) is 0 Å². The Morgan fingerprint density at radius 3 is 2.89 bits per heavy atom. The number of fused-ring (bicyclic) bond motifs is 2. The molecule has 2 aromatic heterocycles. The molecule has 1 fully saturated rings. The fourth-order valence-corrected chi connectivity index (χ4v) is 4.30. The van der Waals surface area contributed by atoms with E-state index >= 15 is 0 Å². The number of imidazole rings is 1. The van der Waals surface area contributed by atoms with Crippen LogP contribution in [-0.2, 0) is 0 Å². The van der Waals surface area contributed by atoms with Crippen molar-refractivity contribution in [3.63, 3.8) is 0 Å². The molecule has 3 N–H and O–H groups in total. The average Bonchev–Trinajstić information content (AvgIpc) is 3.16. The van der Waals surface area contributed by atoms with E-state index in [2.05, 4.69) is 48.7 Å². The number of aromatic amines is 1. The SMILES string of the molecule is Brc1ccc2ncc(-c3nc4ccccc4[nH]3)c(NC[C@H]3CCCCN3)c2c1. The summed E-state index contributed by atoms with van der Waals surface area (Å²) in [5.41, 5.74) is 5.05. The van der Waals surface area contributed by atoms with E-state index in [1.54, 1.807) is 0 Å². The number of benzene rings is 2. The molecule has 0 saturated carbocycles. The van der Waals surface area contributed by atoms with Crippen LogP contribution in [0.25, 0.3) is 33.3 Å². The van der Waals surface area contributed by atoms with Gasteiger partial charge in [-0.05, 0) is 49.7 Å². The van der Waals surface area contributed by atoms with Crippen LogP contribution < -0.4 is 10.6 Å².